The highest BCUT2D eigenvalue weighted by atomic mass is 32.2. The zero-order chi connectivity index (χ0) is 24.8. The van der Waals surface area contributed by atoms with Gasteiger partial charge in [-0.3, -0.25) is 4.79 Å². The van der Waals surface area contributed by atoms with Crippen molar-refractivity contribution in [3.63, 3.8) is 0 Å². The molecule has 0 aliphatic heterocycles. The molecular weight excluding hydrogens is 442 g/mol. The summed E-state index contributed by atoms with van der Waals surface area (Å²) in [5.74, 6) is 1.24. The van der Waals surface area contributed by atoms with Gasteiger partial charge in [-0.05, 0) is 53.3 Å². The number of benzene rings is 2. The van der Waals surface area contributed by atoms with Gasteiger partial charge < -0.3 is 18.6 Å². The molecule has 0 saturated carbocycles. The topological polar surface area (TPSA) is 82.1 Å². The summed E-state index contributed by atoms with van der Waals surface area (Å²) in [5.41, 5.74) is 0.617. The molecule has 0 aliphatic rings. The Bertz CT molecular complexity index is 1040. The average molecular weight is 478 g/mol. The molecule has 2 aromatic carbocycles. The van der Waals surface area contributed by atoms with Gasteiger partial charge in [-0.1, -0.05) is 40.7 Å². The van der Waals surface area contributed by atoms with Crippen LogP contribution in [0.1, 0.15) is 46.6 Å². The number of carbonyl (C=O) groups excluding carboxylic acids is 1. The zero-order valence-corrected chi connectivity index (χ0v) is 21.4. The molecule has 0 fully saturated rings. The average Bonchev–Trinajstić information content (AvgIpc) is 2.71. The fraction of sp³-hybridized carbons (Fsp3) is 0.480. The molecule has 0 atom stereocenters. The molecule has 33 heavy (non-hydrogen) atoms. The second-order valence-corrected chi connectivity index (χ2v) is 11.2. The first-order chi connectivity index (χ1) is 15.3. The maximum absolute atomic E-state index is 12.9. The summed E-state index contributed by atoms with van der Waals surface area (Å²) in [4.78, 5) is 14.7. The molecule has 0 saturated heterocycles. The molecule has 2 aromatic rings. The van der Waals surface area contributed by atoms with Crippen molar-refractivity contribution in [3.8, 4) is 17.2 Å². The second kappa shape index (κ2) is 10.9. The predicted molar refractivity (Wildman–Crippen MR) is 128 cm³/mol. The largest absolute Gasteiger partial charge is 0.497 e. The van der Waals surface area contributed by atoms with Gasteiger partial charge in [-0.15, -0.1) is 0 Å². The number of ether oxygens (including phenoxy) is 2. The van der Waals surface area contributed by atoms with Gasteiger partial charge in [-0.2, -0.15) is 8.42 Å². The molecule has 1 amide bonds. The standard InChI is InChI=1S/C25H35NO6S/c1-18(2)16-26(24(27)15-25(3,4)5)17-19-8-13-22(31-7)23(14-19)32-33(28,29)21-11-9-20(30-6)10-12-21/h8-14,18H,15-17H2,1-7H3. The van der Waals surface area contributed by atoms with Crippen molar-refractivity contribution >= 4 is 16.0 Å². The van der Waals surface area contributed by atoms with Crippen molar-refractivity contribution < 1.29 is 26.9 Å². The Morgan fingerprint density at radius 2 is 1.61 bits per heavy atom. The van der Waals surface area contributed by atoms with Gasteiger partial charge in [0.15, 0.2) is 11.5 Å². The highest BCUT2D eigenvalue weighted by molar-refractivity contribution is 7.87. The third-order valence-corrected chi connectivity index (χ3v) is 6.02. The molecule has 8 heteroatoms. The summed E-state index contributed by atoms with van der Waals surface area (Å²) in [6.45, 7) is 11.1. The minimum absolute atomic E-state index is 0.00227. The van der Waals surface area contributed by atoms with Gasteiger partial charge in [0.2, 0.25) is 5.91 Å². The molecule has 0 spiro atoms. The molecule has 0 N–H and O–H groups in total. The smallest absolute Gasteiger partial charge is 0.339 e. The minimum Gasteiger partial charge on any atom is -0.497 e. The van der Waals surface area contributed by atoms with Crippen LogP contribution in [0.15, 0.2) is 47.4 Å². The fourth-order valence-corrected chi connectivity index (χ4v) is 4.21. The van der Waals surface area contributed by atoms with Crippen LogP contribution >= 0.6 is 0 Å². The number of amides is 1. The highest BCUT2D eigenvalue weighted by Gasteiger charge is 2.24. The molecule has 0 bridgehead atoms. The maximum Gasteiger partial charge on any atom is 0.339 e. The van der Waals surface area contributed by atoms with Crippen LogP contribution in [0.5, 0.6) is 17.2 Å². The SMILES string of the molecule is COc1ccc(S(=O)(=O)Oc2cc(CN(CC(C)C)C(=O)CC(C)(C)C)ccc2OC)cc1. The lowest BCUT2D eigenvalue weighted by atomic mass is 9.91. The second-order valence-electron chi connectivity index (χ2n) is 9.60. The number of carbonyl (C=O) groups is 1. The van der Waals surface area contributed by atoms with Gasteiger partial charge in [0.05, 0.1) is 14.2 Å². The predicted octanol–water partition coefficient (Wildman–Crippen LogP) is 4.89. The maximum atomic E-state index is 12.9. The van der Waals surface area contributed by atoms with Crippen LogP contribution < -0.4 is 13.7 Å². The quantitative estimate of drug-likeness (QED) is 0.453. The van der Waals surface area contributed by atoms with Gasteiger partial charge in [0.25, 0.3) is 0 Å². The van der Waals surface area contributed by atoms with Crippen molar-refractivity contribution in [1.82, 2.24) is 4.90 Å². The van der Waals surface area contributed by atoms with Crippen molar-refractivity contribution in [2.45, 2.75) is 52.5 Å². The van der Waals surface area contributed by atoms with Crippen LogP contribution in [-0.4, -0.2) is 40.0 Å². The molecule has 0 aliphatic carbocycles. The van der Waals surface area contributed by atoms with Crippen LogP contribution in [0.2, 0.25) is 0 Å². The Morgan fingerprint density at radius 3 is 2.12 bits per heavy atom. The third-order valence-electron chi connectivity index (χ3n) is 4.77. The van der Waals surface area contributed by atoms with E-state index >= 15 is 0 Å². The van der Waals surface area contributed by atoms with Gasteiger partial charge in [0.1, 0.15) is 10.6 Å². The van der Waals surface area contributed by atoms with Gasteiger partial charge in [-0.25, -0.2) is 0 Å². The zero-order valence-electron chi connectivity index (χ0n) is 20.5. The van der Waals surface area contributed by atoms with E-state index < -0.39 is 10.1 Å². The highest BCUT2D eigenvalue weighted by Crippen LogP contribution is 2.32. The Balaban J connectivity index is 2.32. The van der Waals surface area contributed by atoms with E-state index in [9.17, 15) is 13.2 Å². The summed E-state index contributed by atoms with van der Waals surface area (Å²) in [6.07, 6.45) is 0.422. The van der Waals surface area contributed by atoms with Crippen molar-refractivity contribution in [2.75, 3.05) is 20.8 Å². The van der Waals surface area contributed by atoms with E-state index in [1.54, 1.807) is 29.2 Å². The summed E-state index contributed by atoms with van der Waals surface area (Å²) in [6, 6.07) is 11.0. The van der Waals surface area contributed by atoms with Crippen LogP contribution in [0, 0.1) is 11.3 Å². The van der Waals surface area contributed by atoms with E-state index in [1.165, 1.54) is 26.4 Å². The fourth-order valence-electron chi connectivity index (χ4n) is 3.27. The van der Waals surface area contributed by atoms with Crippen molar-refractivity contribution in [3.05, 3.63) is 48.0 Å². The Morgan fingerprint density at radius 1 is 0.970 bits per heavy atom. The van der Waals surface area contributed by atoms with E-state index in [0.29, 0.717) is 31.2 Å². The normalized spacial score (nSPS) is 11.9. The number of methoxy groups -OCH3 is 2. The monoisotopic (exact) mass is 477 g/mol. The van der Waals surface area contributed by atoms with E-state index in [0.717, 1.165) is 5.56 Å². The summed E-state index contributed by atoms with van der Waals surface area (Å²) in [5, 5.41) is 0. The van der Waals surface area contributed by atoms with Crippen LogP contribution in [0.25, 0.3) is 0 Å². The van der Waals surface area contributed by atoms with Gasteiger partial charge in [0, 0.05) is 19.5 Å². The van der Waals surface area contributed by atoms with Crippen molar-refractivity contribution in [1.29, 1.82) is 0 Å². The van der Waals surface area contributed by atoms with Crippen LogP contribution in [0.4, 0.5) is 0 Å². The Labute approximate surface area is 197 Å². The Hall–Kier alpha value is -2.74. The molecule has 182 valence electrons. The van der Waals surface area contributed by atoms with E-state index in [-0.39, 0.29) is 27.7 Å². The molecule has 2 rings (SSSR count). The number of hydrogen-bond acceptors (Lipinski definition) is 6. The van der Waals surface area contributed by atoms with Gasteiger partial charge >= 0.3 is 10.1 Å². The molecule has 0 heterocycles. The molecular formula is C25H35NO6S. The molecule has 7 nitrogen and oxygen atoms in total. The first-order valence-corrected chi connectivity index (χ1v) is 12.3. The molecule has 0 aromatic heterocycles. The number of nitrogens with zero attached hydrogens (tertiary/aromatic N) is 1. The summed E-state index contributed by atoms with van der Waals surface area (Å²) in [7, 11) is -1.14. The number of rotatable bonds is 10. The van der Waals surface area contributed by atoms with Crippen molar-refractivity contribution in [2.24, 2.45) is 11.3 Å². The first kappa shape index (κ1) is 26.5. The summed E-state index contributed by atoms with van der Waals surface area (Å²) < 4.78 is 41.5. The van der Waals surface area contributed by atoms with Crippen LogP contribution in [-0.2, 0) is 21.5 Å². The molecule has 0 radical (unpaired) electrons. The number of hydrogen-bond donors (Lipinski definition) is 0. The lowest BCUT2D eigenvalue weighted by Gasteiger charge is -2.28. The first-order valence-electron chi connectivity index (χ1n) is 10.9. The Kier molecular flexibility index (Phi) is 8.77. The lowest BCUT2D eigenvalue weighted by Crippen LogP contribution is -2.35. The lowest BCUT2D eigenvalue weighted by molar-refractivity contribution is -0.134. The van der Waals surface area contributed by atoms with Crippen LogP contribution in [0.3, 0.4) is 0 Å². The molecule has 0 unspecified atom stereocenters. The summed E-state index contributed by atoms with van der Waals surface area (Å²) >= 11 is 0. The van der Waals surface area contributed by atoms with E-state index in [2.05, 4.69) is 13.8 Å². The minimum atomic E-state index is -4.09. The van der Waals surface area contributed by atoms with E-state index in [1.807, 2.05) is 26.8 Å². The third kappa shape index (κ3) is 7.96. The van der Waals surface area contributed by atoms with E-state index in [4.69, 9.17) is 13.7 Å².